The smallest absolute Gasteiger partial charge is 0.227 e. The fourth-order valence-corrected chi connectivity index (χ4v) is 3.78. The molecular weight excluding hydrogens is 376 g/mol. The average molecular weight is 403 g/mol. The highest BCUT2D eigenvalue weighted by atomic mass is 19.2. The highest BCUT2D eigenvalue weighted by molar-refractivity contribution is 5.79. The van der Waals surface area contributed by atoms with E-state index in [0.717, 1.165) is 17.7 Å². The maximum absolute atomic E-state index is 13.8. The topological polar surface area (TPSA) is 49.8 Å². The number of morpholine rings is 1. The van der Waals surface area contributed by atoms with Crippen LogP contribution in [-0.4, -0.2) is 42.2 Å². The summed E-state index contributed by atoms with van der Waals surface area (Å²) < 4.78 is 33.1. The van der Waals surface area contributed by atoms with E-state index in [1.54, 1.807) is 4.90 Å². The normalized spacial score (nSPS) is 19.6. The monoisotopic (exact) mass is 403 g/mol. The summed E-state index contributed by atoms with van der Waals surface area (Å²) in [6, 6.07) is 11.6. The lowest BCUT2D eigenvalue weighted by molar-refractivity contribution is -0.155. The molecule has 1 heterocycles. The third kappa shape index (κ3) is 4.82. The Hall–Kier alpha value is -2.31. The van der Waals surface area contributed by atoms with Gasteiger partial charge in [0.2, 0.25) is 5.91 Å². The fraction of sp³-hybridized carbons (Fsp3) is 0.435. The summed E-state index contributed by atoms with van der Waals surface area (Å²) in [5, 5.41) is 9.56. The lowest BCUT2D eigenvalue weighted by Gasteiger charge is -2.43. The molecule has 0 bridgehead atoms. The Morgan fingerprint density at radius 1 is 1.21 bits per heavy atom. The molecule has 2 aromatic rings. The van der Waals surface area contributed by atoms with Crippen molar-refractivity contribution >= 4 is 5.91 Å². The van der Waals surface area contributed by atoms with Crippen molar-refractivity contribution in [2.24, 2.45) is 0 Å². The van der Waals surface area contributed by atoms with Gasteiger partial charge in [-0.05, 0) is 34.7 Å². The van der Waals surface area contributed by atoms with Crippen LogP contribution in [0.4, 0.5) is 8.78 Å². The first-order valence-corrected chi connectivity index (χ1v) is 9.91. The van der Waals surface area contributed by atoms with E-state index < -0.39 is 17.2 Å². The first-order valence-electron chi connectivity index (χ1n) is 9.91. The highest BCUT2D eigenvalue weighted by Crippen LogP contribution is 2.34. The van der Waals surface area contributed by atoms with Crippen LogP contribution in [0.25, 0.3) is 0 Å². The standard InChI is InChI=1S/C23H27F2NO3/c1-16(2)18-5-3-4-17(12-18)13-22(28)26-9-11-29-23(15-26,8-10-27)19-6-7-20(24)21(25)14-19/h3-7,12,14,16,27H,8-11,13,15H2,1-2H3. The van der Waals surface area contributed by atoms with Gasteiger partial charge in [0.15, 0.2) is 11.6 Å². The molecule has 0 spiro atoms. The summed E-state index contributed by atoms with van der Waals surface area (Å²) in [5.41, 5.74) is 1.48. The molecule has 4 nitrogen and oxygen atoms in total. The predicted octanol–water partition coefficient (Wildman–Crippen LogP) is 3.77. The SMILES string of the molecule is CC(C)c1cccc(CC(=O)N2CCOC(CCO)(c3ccc(F)c(F)c3)C2)c1. The molecule has 0 radical (unpaired) electrons. The molecule has 1 aliphatic heterocycles. The summed E-state index contributed by atoms with van der Waals surface area (Å²) in [6.45, 7) is 4.87. The Morgan fingerprint density at radius 3 is 2.69 bits per heavy atom. The third-order valence-corrected chi connectivity index (χ3v) is 5.47. The van der Waals surface area contributed by atoms with Crippen molar-refractivity contribution < 1.29 is 23.4 Å². The minimum atomic E-state index is -1.06. The average Bonchev–Trinajstić information content (AvgIpc) is 2.70. The lowest BCUT2D eigenvalue weighted by Crippen LogP contribution is -2.52. The van der Waals surface area contributed by atoms with Gasteiger partial charge in [0.05, 0.1) is 19.6 Å². The summed E-state index contributed by atoms with van der Waals surface area (Å²) in [6.07, 6.45) is 0.443. The van der Waals surface area contributed by atoms with Crippen LogP contribution in [0.2, 0.25) is 0 Å². The molecule has 3 rings (SSSR count). The maximum Gasteiger partial charge on any atom is 0.227 e. The molecule has 1 unspecified atom stereocenters. The summed E-state index contributed by atoms with van der Waals surface area (Å²) >= 11 is 0. The van der Waals surface area contributed by atoms with Crippen molar-refractivity contribution in [2.75, 3.05) is 26.3 Å². The molecule has 0 saturated carbocycles. The Kier molecular flexibility index (Phi) is 6.65. The minimum absolute atomic E-state index is 0.0564. The van der Waals surface area contributed by atoms with Crippen molar-refractivity contribution in [3.8, 4) is 0 Å². The van der Waals surface area contributed by atoms with Crippen LogP contribution in [0.3, 0.4) is 0 Å². The van der Waals surface area contributed by atoms with E-state index in [1.807, 2.05) is 24.3 Å². The Labute approximate surface area is 170 Å². The van der Waals surface area contributed by atoms with Crippen molar-refractivity contribution in [2.45, 2.75) is 38.2 Å². The number of carbonyl (C=O) groups is 1. The van der Waals surface area contributed by atoms with Crippen molar-refractivity contribution in [1.82, 2.24) is 4.90 Å². The largest absolute Gasteiger partial charge is 0.396 e. The Bertz CT molecular complexity index is 867. The Balaban J connectivity index is 1.80. The van der Waals surface area contributed by atoms with Gasteiger partial charge >= 0.3 is 0 Å². The number of carbonyl (C=O) groups excluding carboxylic acids is 1. The van der Waals surface area contributed by atoms with Crippen LogP contribution in [0.1, 0.15) is 42.9 Å². The lowest BCUT2D eigenvalue weighted by atomic mass is 9.88. The molecule has 156 valence electrons. The zero-order chi connectivity index (χ0) is 21.0. The number of hydrogen-bond donors (Lipinski definition) is 1. The number of aliphatic hydroxyl groups excluding tert-OH is 1. The molecule has 1 amide bonds. The molecule has 1 aliphatic rings. The van der Waals surface area contributed by atoms with Crippen molar-refractivity contribution in [3.63, 3.8) is 0 Å². The van der Waals surface area contributed by atoms with Gasteiger partial charge in [-0.2, -0.15) is 0 Å². The molecule has 0 aromatic heterocycles. The third-order valence-electron chi connectivity index (χ3n) is 5.47. The second kappa shape index (κ2) is 9.01. The summed E-state index contributed by atoms with van der Waals surface area (Å²) in [4.78, 5) is 14.6. The number of nitrogens with zero attached hydrogens (tertiary/aromatic N) is 1. The first-order chi connectivity index (χ1) is 13.8. The summed E-state index contributed by atoms with van der Waals surface area (Å²) in [5.74, 6) is -1.60. The van der Waals surface area contributed by atoms with E-state index in [0.29, 0.717) is 18.0 Å². The second-order valence-electron chi connectivity index (χ2n) is 7.84. The van der Waals surface area contributed by atoms with E-state index in [9.17, 15) is 18.7 Å². The van der Waals surface area contributed by atoms with Crippen LogP contribution < -0.4 is 0 Å². The number of benzene rings is 2. The molecule has 6 heteroatoms. The van der Waals surface area contributed by atoms with Crippen LogP contribution in [0, 0.1) is 11.6 Å². The van der Waals surface area contributed by atoms with Crippen molar-refractivity contribution in [3.05, 3.63) is 70.8 Å². The van der Waals surface area contributed by atoms with Gasteiger partial charge in [0.1, 0.15) is 5.60 Å². The number of hydrogen-bond acceptors (Lipinski definition) is 3. The minimum Gasteiger partial charge on any atom is -0.396 e. The van der Waals surface area contributed by atoms with Gasteiger partial charge in [-0.3, -0.25) is 4.79 Å². The number of rotatable bonds is 6. The van der Waals surface area contributed by atoms with E-state index in [-0.39, 0.29) is 38.5 Å². The number of halogens is 2. The highest BCUT2D eigenvalue weighted by Gasteiger charge is 2.40. The number of ether oxygens (including phenoxy) is 1. The van der Waals surface area contributed by atoms with E-state index in [2.05, 4.69) is 13.8 Å². The quantitative estimate of drug-likeness (QED) is 0.799. The molecule has 1 atom stereocenters. The zero-order valence-electron chi connectivity index (χ0n) is 16.8. The number of aliphatic hydroxyl groups is 1. The van der Waals surface area contributed by atoms with Crippen LogP contribution >= 0.6 is 0 Å². The molecule has 1 saturated heterocycles. The van der Waals surface area contributed by atoms with E-state index >= 15 is 0 Å². The molecular formula is C23H27F2NO3. The molecule has 0 aliphatic carbocycles. The van der Waals surface area contributed by atoms with Crippen LogP contribution in [0.15, 0.2) is 42.5 Å². The van der Waals surface area contributed by atoms with Gasteiger partial charge in [-0.25, -0.2) is 8.78 Å². The van der Waals surface area contributed by atoms with Crippen LogP contribution in [-0.2, 0) is 21.6 Å². The molecule has 2 aromatic carbocycles. The maximum atomic E-state index is 13.8. The zero-order valence-corrected chi connectivity index (χ0v) is 16.8. The van der Waals surface area contributed by atoms with E-state index in [4.69, 9.17) is 4.74 Å². The van der Waals surface area contributed by atoms with Gasteiger partial charge < -0.3 is 14.7 Å². The van der Waals surface area contributed by atoms with Gasteiger partial charge in [0, 0.05) is 19.6 Å². The molecule has 29 heavy (non-hydrogen) atoms. The van der Waals surface area contributed by atoms with Gasteiger partial charge in [0.25, 0.3) is 0 Å². The summed E-state index contributed by atoms with van der Waals surface area (Å²) in [7, 11) is 0. The second-order valence-corrected chi connectivity index (χ2v) is 7.84. The van der Waals surface area contributed by atoms with E-state index in [1.165, 1.54) is 11.6 Å². The predicted molar refractivity (Wildman–Crippen MR) is 107 cm³/mol. The van der Waals surface area contributed by atoms with Gasteiger partial charge in [-0.1, -0.05) is 44.2 Å². The molecule has 1 N–H and O–H groups in total. The first kappa shape index (κ1) is 21.4. The van der Waals surface area contributed by atoms with Crippen molar-refractivity contribution in [1.29, 1.82) is 0 Å². The number of amides is 1. The van der Waals surface area contributed by atoms with Gasteiger partial charge in [-0.15, -0.1) is 0 Å². The van der Waals surface area contributed by atoms with Crippen LogP contribution in [0.5, 0.6) is 0 Å². The fourth-order valence-electron chi connectivity index (χ4n) is 3.78. The molecule has 1 fully saturated rings. The Morgan fingerprint density at radius 2 is 2.00 bits per heavy atom.